The summed E-state index contributed by atoms with van der Waals surface area (Å²) in [4.78, 5) is 16.2. The molecule has 0 saturated carbocycles. The molecule has 52 heavy (non-hydrogen) atoms. The van der Waals surface area contributed by atoms with Gasteiger partial charge in [-0.1, -0.05) is 72.2 Å². The van der Waals surface area contributed by atoms with Gasteiger partial charge in [0.25, 0.3) is 0 Å². The molecule has 10 nitrogen and oxygen atoms in total. The number of nitrogens with zero attached hydrogens (tertiary/aromatic N) is 4. The minimum atomic E-state index is -0.644. The number of rotatable bonds is 9. The van der Waals surface area contributed by atoms with Crippen molar-refractivity contribution in [3.05, 3.63) is 82.8 Å². The van der Waals surface area contributed by atoms with E-state index in [-0.39, 0.29) is 44.4 Å². The van der Waals surface area contributed by atoms with Gasteiger partial charge in [-0.2, -0.15) is 0 Å². The molecule has 3 heterocycles. The van der Waals surface area contributed by atoms with Crippen molar-refractivity contribution < 1.29 is 18.7 Å². The van der Waals surface area contributed by atoms with Crippen molar-refractivity contribution in [3.63, 3.8) is 0 Å². The summed E-state index contributed by atoms with van der Waals surface area (Å²) in [5.74, 6) is 2.33. The Kier molecular flexibility index (Phi) is 10.8. The van der Waals surface area contributed by atoms with E-state index in [1.165, 1.54) is 12.8 Å². The third kappa shape index (κ3) is 8.32. The van der Waals surface area contributed by atoms with Crippen LogP contribution in [-0.2, 0) is 15.4 Å². The Hall–Kier alpha value is -3.93. The van der Waals surface area contributed by atoms with Gasteiger partial charge in [-0.05, 0) is 105 Å². The number of urea groups is 1. The average molecular weight is 725 g/mol. The van der Waals surface area contributed by atoms with E-state index < -0.39 is 5.60 Å². The number of fused-ring (bicyclic) bond motifs is 2. The maximum Gasteiger partial charge on any atom is 0.319 e. The first-order valence-electron chi connectivity index (χ1n) is 18.6. The molecule has 2 aliphatic rings. The number of amides is 2. The predicted molar refractivity (Wildman–Crippen MR) is 207 cm³/mol. The number of hydrogen-bond donors (Lipinski definition) is 2. The lowest BCUT2D eigenvalue weighted by Crippen LogP contribution is -2.36. The van der Waals surface area contributed by atoms with Gasteiger partial charge in [-0.3, -0.25) is 9.30 Å². The van der Waals surface area contributed by atoms with Gasteiger partial charge in [0.05, 0.1) is 36.7 Å². The fourth-order valence-electron chi connectivity index (χ4n) is 7.25. The Morgan fingerprint density at radius 3 is 2.37 bits per heavy atom. The standard InChI is InChI=1S/C41H56N6O4Si/c1-39(2,3)26-23-30(41(7,8)51-52-40(4,5)6)36(49-10)32(24-26)43-38(48)42-31-19-20-34(29-16-12-11-15-28(29)31)50-27-18-21-35-44-45-37(47(35)25-27)33-17-13-14-22-46(33)9/h11-12,15-16,18,21,23-25,31,33-34H,13-14,17,19-20,22H2,1-10H3,(H2,42,43,48)/t31-,33-,34+/m0/s1. The number of piperidine rings is 1. The van der Waals surface area contributed by atoms with E-state index in [1.54, 1.807) is 7.11 Å². The molecule has 1 aliphatic heterocycles. The molecule has 2 radical (unpaired) electrons. The molecule has 6 rings (SSSR count). The maximum atomic E-state index is 13.8. The summed E-state index contributed by atoms with van der Waals surface area (Å²) in [6.45, 7) is 18.2. The van der Waals surface area contributed by atoms with Gasteiger partial charge in [0, 0.05) is 5.56 Å². The van der Waals surface area contributed by atoms with Crippen molar-refractivity contribution >= 4 is 27.1 Å². The summed E-state index contributed by atoms with van der Waals surface area (Å²) < 4.78 is 21.3. The smallest absolute Gasteiger partial charge is 0.319 e. The molecular formula is C41H56N6O4Si. The molecule has 0 bridgehead atoms. The molecule has 2 amide bonds. The van der Waals surface area contributed by atoms with Crippen LogP contribution in [0.3, 0.4) is 0 Å². The van der Waals surface area contributed by atoms with Crippen LogP contribution in [0.2, 0.25) is 5.04 Å². The summed E-state index contributed by atoms with van der Waals surface area (Å²) in [5, 5.41) is 15.5. The van der Waals surface area contributed by atoms with E-state index in [9.17, 15) is 4.79 Å². The van der Waals surface area contributed by atoms with E-state index in [1.807, 2.05) is 36.5 Å². The molecule has 4 aromatic rings. The SMILES string of the molecule is COc1c(NC(=O)N[C@H]2CC[C@@H](Oc3ccc4nnc([C@@H]5CCCCN5C)n4c3)c3ccccc32)cc(C(C)(C)C)cc1C(C)(C)O[Si]C(C)(C)C. The van der Waals surface area contributed by atoms with Gasteiger partial charge in [0.2, 0.25) is 9.76 Å². The number of hydrogen-bond acceptors (Lipinski definition) is 7. The molecule has 278 valence electrons. The van der Waals surface area contributed by atoms with Gasteiger partial charge < -0.3 is 24.5 Å². The summed E-state index contributed by atoms with van der Waals surface area (Å²) in [5.41, 5.74) is 4.74. The topological polar surface area (TPSA) is 102 Å². The quantitative estimate of drug-likeness (QED) is 0.166. The van der Waals surface area contributed by atoms with Crippen LogP contribution < -0.4 is 20.1 Å². The number of nitrogens with one attached hydrogen (secondary N) is 2. The fourth-order valence-corrected chi connectivity index (χ4v) is 7.92. The van der Waals surface area contributed by atoms with Crippen LogP contribution in [0.15, 0.2) is 54.7 Å². The second kappa shape index (κ2) is 14.8. The number of benzene rings is 2. The molecule has 0 spiro atoms. The third-order valence-electron chi connectivity index (χ3n) is 10.2. The maximum absolute atomic E-state index is 13.8. The summed E-state index contributed by atoms with van der Waals surface area (Å²) >= 11 is 0. The first-order valence-corrected chi connectivity index (χ1v) is 19.5. The van der Waals surface area contributed by atoms with Gasteiger partial charge >= 0.3 is 6.03 Å². The van der Waals surface area contributed by atoms with E-state index in [0.717, 1.165) is 65.3 Å². The molecular weight excluding hydrogens is 669 g/mol. The van der Waals surface area contributed by atoms with E-state index >= 15 is 0 Å². The fraction of sp³-hybridized carbons (Fsp3) is 0.537. The number of aromatic nitrogens is 3. The number of carbonyl (C=O) groups excluding carboxylic acids is 1. The van der Waals surface area contributed by atoms with E-state index in [2.05, 4.69) is 111 Å². The van der Waals surface area contributed by atoms with Crippen LogP contribution in [0, 0.1) is 0 Å². The Morgan fingerprint density at radius 2 is 1.67 bits per heavy atom. The third-order valence-corrected chi connectivity index (χ3v) is 11.4. The molecule has 11 heteroatoms. The summed E-state index contributed by atoms with van der Waals surface area (Å²) in [7, 11) is 4.10. The molecule has 1 aliphatic carbocycles. The van der Waals surface area contributed by atoms with Crippen LogP contribution in [0.1, 0.15) is 134 Å². The second-order valence-electron chi connectivity index (χ2n) is 16.9. The van der Waals surface area contributed by atoms with Crippen molar-refractivity contribution in [2.24, 2.45) is 0 Å². The lowest BCUT2D eigenvalue weighted by Gasteiger charge is -2.34. The Balaban J connectivity index is 1.21. The van der Waals surface area contributed by atoms with Crippen molar-refractivity contribution in [1.29, 1.82) is 0 Å². The van der Waals surface area contributed by atoms with Crippen LogP contribution in [-0.4, -0.2) is 56.0 Å². The second-order valence-corrected chi connectivity index (χ2v) is 18.8. The van der Waals surface area contributed by atoms with Crippen molar-refractivity contribution in [3.8, 4) is 11.5 Å². The normalized spacial score (nSPS) is 20.0. The van der Waals surface area contributed by atoms with E-state index in [4.69, 9.17) is 13.9 Å². The number of ether oxygens (including phenoxy) is 2. The highest BCUT2D eigenvalue weighted by atomic mass is 28.2. The van der Waals surface area contributed by atoms with Gasteiger partial charge in [-0.15, -0.1) is 10.2 Å². The van der Waals surface area contributed by atoms with Crippen LogP contribution >= 0.6 is 0 Å². The number of pyridine rings is 1. The van der Waals surface area contributed by atoms with Crippen LogP contribution in [0.25, 0.3) is 5.65 Å². The summed E-state index contributed by atoms with van der Waals surface area (Å²) in [6, 6.07) is 16.1. The number of carbonyl (C=O) groups is 1. The highest BCUT2D eigenvalue weighted by Crippen LogP contribution is 2.43. The van der Waals surface area contributed by atoms with Crippen LogP contribution in [0.4, 0.5) is 10.5 Å². The van der Waals surface area contributed by atoms with E-state index in [0.29, 0.717) is 11.4 Å². The van der Waals surface area contributed by atoms with Gasteiger partial charge in [0.15, 0.2) is 11.5 Å². The highest BCUT2D eigenvalue weighted by Gasteiger charge is 2.34. The first-order chi connectivity index (χ1) is 24.5. The average Bonchev–Trinajstić information content (AvgIpc) is 3.50. The minimum absolute atomic E-state index is 0.0217. The molecule has 1 fully saturated rings. The molecule has 0 unspecified atom stereocenters. The molecule has 2 aromatic carbocycles. The zero-order valence-corrected chi connectivity index (χ0v) is 33.6. The highest BCUT2D eigenvalue weighted by molar-refractivity contribution is 6.31. The van der Waals surface area contributed by atoms with Gasteiger partial charge in [0.1, 0.15) is 17.6 Å². The first kappa shape index (κ1) is 37.8. The monoisotopic (exact) mass is 724 g/mol. The van der Waals surface area contributed by atoms with Gasteiger partial charge in [-0.25, -0.2) is 4.79 Å². The number of anilines is 1. The van der Waals surface area contributed by atoms with Crippen LogP contribution in [0.5, 0.6) is 11.5 Å². The lowest BCUT2D eigenvalue weighted by molar-refractivity contribution is 0.106. The molecule has 2 N–H and O–H groups in total. The Labute approximate surface area is 312 Å². The molecule has 2 aromatic heterocycles. The Morgan fingerprint density at radius 1 is 0.923 bits per heavy atom. The molecule has 1 saturated heterocycles. The predicted octanol–water partition coefficient (Wildman–Crippen LogP) is 9.06. The zero-order chi connectivity index (χ0) is 37.4. The Bertz CT molecular complexity index is 1890. The molecule has 3 atom stereocenters. The number of likely N-dealkylation sites (tertiary alicyclic amines) is 1. The minimum Gasteiger partial charge on any atom is -0.494 e. The number of methoxy groups -OCH3 is 1. The summed E-state index contributed by atoms with van der Waals surface area (Å²) in [6.07, 6.45) is 6.80. The van der Waals surface area contributed by atoms with Crippen molar-refractivity contribution in [2.45, 2.75) is 122 Å². The zero-order valence-electron chi connectivity index (χ0n) is 32.6. The largest absolute Gasteiger partial charge is 0.494 e. The lowest BCUT2D eigenvalue weighted by atomic mass is 9.83. The van der Waals surface area contributed by atoms with Crippen molar-refractivity contribution in [1.82, 2.24) is 24.8 Å². The van der Waals surface area contributed by atoms with Crippen molar-refractivity contribution in [2.75, 3.05) is 26.0 Å².